The second-order valence-electron chi connectivity index (χ2n) is 7.46. The number of benzene rings is 2. The lowest BCUT2D eigenvalue weighted by molar-refractivity contribution is 0.173. The second kappa shape index (κ2) is 7.98. The highest BCUT2D eigenvalue weighted by molar-refractivity contribution is 8.17. The maximum absolute atomic E-state index is 5.71. The molecule has 0 N–H and O–H groups in total. The normalized spacial score (nSPS) is 23.0. The predicted molar refractivity (Wildman–Crippen MR) is 114 cm³/mol. The van der Waals surface area contributed by atoms with Gasteiger partial charge in [0.2, 0.25) is 6.79 Å². The van der Waals surface area contributed by atoms with Gasteiger partial charge in [0.15, 0.2) is 11.5 Å². The van der Waals surface area contributed by atoms with Crippen LogP contribution in [0, 0.1) is 0 Å². The topological polar surface area (TPSA) is 21.7 Å². The lowest BCUT2D eigenvalue weighted by Gasteiger charge is -2.30. The number of rotatable bonds is 3. The third-order valence-corrected chi connectivity index (χ3v) is 8.79. The third-order valence-electron chi connectivity index (χ3n) is 5.61. The molecule has 3 nitrogen and oxygen atoms in total. The van der Waals surface area contributed by atoms with E-state index in [4.69, 9.17) is 9.47 Å². The fourth-order valence-electron chi connectivity index (χ4n) is 4.28. The van der Waals surface area contributed by atoms with Gasteiger partial charge in [0.25, 0.3) is 0 Å². The summed E-state index contributed by atoms with van der Waals surface area (Å²) in [6.07, 6.45) is 2.55. The molecular weight excluding hydrogens is 374 g/mol. The van der Waals surface area contributed by atoms with Gasteiger partial charge in [-0.3, -0.25) is 4.90 Å². The smallest absolute Gasteiger partial charge is 0.231 e. The fraction of sp³-hybridized carbons (Fsp3) is 0.455. The maximum atomic E-state index is 5.71. The highest BCUT2D eigenvalue weighted by Gasteiger charge is 2.32. The summed E-state index contributed by atoms with van der Waals surface area (Å²) in [6.45, 7) is 3.48. The summed E-state index contributed by atoms with van der Waals surface area (Å²) in [6, 6.07) is 15.4. The fourth-order valence-corrected chi connectivity index (χ4v) is 7.54. The van der Waals surface area contributed by atoms with Gasteiger partial charge in [0.05, 0.1) is 4.58 Å². The van der Waals surface area contributed by atoms with E-state index < -0.39 is 0 Å². The standard InChI is InChI=1S/C22H25NO2S2/c1-2-5-16(6-3-1)13-23-8-7-18(22-26-9-4-10-27-22)19-12-21-20(24-15-25-21)11-17(19)14-23/h1-3,5-6,11-12,18,22H,4,7-10,13-15H2/t18-/m0/s1. The van der Waals surface area contributed by atoms with Crippen LogP contribution in [0.2, 0.25) is 0 Å². The van der Waals surface area contributed by atoms with Crippen LogP contribution in [0.15, 0.2) is 42.5 Å². The summed E-state index contributed by atoms with van der Waals surface area (Å²) in [4.78, 5) is 2.59. The quantitative estimate of drug-likeness (QED) is 0.714. The van der Waals surface area contributed by atoms with Crippen molar-refractivity contribution >= 4 is 23.5 Å². The van der Waals surface area contributed by atoms with Crippen LogP contribution in [-0.2, 0) is 13.1 Å². The first-order valence-electron chi connectivity index (χ1n) is 9.79. The molecule has 1 atom stereocenters. The molecule has 0 radical (unpaired) electrons. The molecule has 1 fully saturated rings. The van der Waals surface area contributed by atoms with Crippen molar-refractivity contribution in [3.05, 3.63) is 59.2 Å². The number of nitrogens with zero attached hydrogens (tertiary/aromatic N) is 1. The lowest BCUT2D eigenvalue weighted by atomic mass is 9.93. The molecule has 2 aromatic rings. The minimum Gasteiger partial charge on any atom is -0.454 e. The van der Waals surface area contributed by atoms with Crippen molar-refractivity contribution in [1.82, 2.24) is 4.90 Å². The SMILES string of the molecule is c1ccc(CN2CC[C@H](C3SCCCS3)c3cc4c(cc3C2)OCO4)cc1. The van der Waals surface area contributed by atoms with E-state index in [1.165, 1.54) is 41.0 Å². The summed E-state index contributed by atoms with van der Waals surface area (Å²) in [5.74, 6) is 5.02. The number of ether oxygens (including phenoxy) is 2. The molecule has 3 aliphatic heterocycles. The van der Waals surface area contributed by atoms with Gasteiger partial charge in [-0.15, -0.1) is 23.5 Å². The van der Waals surface area contributed by atoms with E-state index in [9.17, 15) is 0 Å². The molecule has 0 aliphatic carbocycles. The molecule has 3 aliphatic rings. The predicted octanol–water partition coefficient (Wildman–Crippen LogP) is 5.10. The van der Waals surface area contributed by atoms with Gasteiger partial charge in [-0.2, -0.15) is 0 Å². The van der Waals surface area contributed by atoms with Crippen molar-refractivity contribution in [1.29, 1.82) is 0 Å². The van der Waals surface area contributed by atoms with E-state index in [0.29, 0.717) is 17.3 Å². The Hall–Kier alpha value is -1.30. The molecule has 5 rings (SSSR count). The first-order chi connectivity index (χ1) is 13.4. The minimum atomic E-state index is 0.351. The minimum absolute atomic E-state index is 0.351. The maximum Gasteiger partial charge on any atom is 0.231 e. The zero-order valence-electron chi connectivity index (χ0n) is 15.4. The van der Waals surface area contributed by atoms with Crippen molar-refractivity contribution in [2.75, 3.05) is 24.8 Å². The summed E-state index contributed by atoms with van der Waals surface area (Å²) in [7, 11) is 0. The molecule has 0 unspecified atom stereocenters. The van der Waals surface area contributed by atoms with Crippen LogP contribution in [0.3, 0.4) is 0 Å². The molecule has 5 heteroatoms. The van der Waals surface area contributed by atoms with Crippen molar-refractivity contribution in [3.63, 3.8) is 0 Å². The van der Waals surface area contributed by atoms with Crippen LogP contribution >= 0.6 is 23.5 Å². The Labute approximate surface area is 169 Å². The van der Waals surface area contributed by atoms with Gasteiger partial charge < -0.3 is 9.47 Å². The average Bonchev–Trinajstić information content (AvgIpc) is 3.09. The Morgan fingerprint density at radius 2 is 1.78 bits per heavy atom. The highest BCUT2D eigenvalue weighted by Crippen LogP contribution is 2.47. The number of thioether (sulfide) groups is 2. The zero-order chi connectivity index (χ0) is 18.1. The van der Waals surface area contributed by atoms with Gasteiger partial charge in [0, 0.05) is 19.0 Å². The van der Waals surface area contributed by atoms with E-state index in [1.807, 2.05) is 0 Å². The van der Waals surface area contributed by atoms with Gasteiger partial charge in [-0.25, -0.2) is 0 Å². The van der Waals surface area contributed by atoms with Gasteiger partial charge >= 0.3 is 0 Å². The molecule has 27 heavy (non-hydrogen) atoms. The highest BCUT2D eigenvalue weighted by atomic mass is 32.2. The van der Waals surface area contributed by atoms with Gasteiger partial charge in [-0.1, -0.05) is 30.3 Å². The van der Waals surface area contributed by atoms with Crippen LogP contribution in [-0.4, -0.2) is 34.3 Å². The Morgan fingerprint density at radius 1 is 1.00 bits per heavy atom. The van der Waals surface area contributed by atoms with Crippen LogP contribution < -0.4 is 9.47 Å². The molecular formula is C22H25NO2S2. The molecule has 142 valence electrons. The molecule has 1 saturated heterocycles. The number of hydrogen-bond acceptors (Lipinski definition) is 5. The number of fused-ring (bicyclic) bond motifs is 2. The molecule has 2 aromatic carbocycles. The van der Waals surface area contributed by atoms with Crippen molar-refractivity contribution in [2.24, 2.45) is 0 Å². The average molecular weight is 400 g/mol. The Morgan fingerprint density at radius 3 is 2.59 bits per heavy atom. The number of hydrogen-bond donors (Lipinski definition) is 0. The van der Waals surface area contributed by atoms with Gasteiger partial charge in [0.1, 0.15) is 0 Å². The van der Waals surface area contributed by atoms with Crippen LogP contribution in [0.1, 0.15) is 35.4 Å². The molecule has 0 bridgehead atoms. The van der Waals surface area contributed by atoms with Crippen LogP contribution in [0.5, 0.6) is 11.5 Å². The Bertz CT molecular complexity index is 792. The van der Waals surface area contributed by atoms with E-state index in [-0.39, 0.29) is 0 Å². The van der Waals surface area contributed by atoms with E-state index >= 15 is 0 Å². The summed E-state index contributed by atoms with van der Waals surface area (Å²) < 4.78 is 12.1. The summed E-state index contributed by atoms with van der Waals surface area (Å²) >= 11 is 4.31. The first kappa shape index (κ1) is 17.8. The van der Waals surface area contributed by atoms with Crippen molar-refractivity contribution in [2.45, 2.75) is 36.4 Å². The summed E-state index contributed by atoms with van der Waals surface area (Å²) in [5, 5.41) is 0. The van der Waals surface area contributed by atoms with E-state index in [2.05, 4.69) is 70.9 Å². The van der Waals surface area contributed by atoms with Crippen molar-refractivity contribution < 1.29 is 9.47 Å². The second-order valence-corrected chi connectivity index (χ2v) is 10.3. The Kier molecular flexibility index (Phi) is 5.25. The van der Waals surface area contributed by atoms with Crippen LogP contribution in [0.4, 0.5) is 0 Å². The summed E-state index contributed by atoms with van der Waals surface area (Å²) in [5.41, 5.74) is 4.30. The van der Waals surface area contributed by atoms with Crippen molar-refractivity contribution in [3.8, 4) is 11.5 Å². The molecule has 0 saturated carbocycles. The molecule has 0 aromatic heterocycles. The van der Waals surface area contributed by atoms with E-state index in [0.717, 1.165) is 31.1 Å². The van der Waals surface area contributed by atoms with E-state index in [1.54, 1.807) is 0 Å². The molecule has 3 heterocycles. The third kappa shape index (κ3) is 3.82. The monoisotopic (exact) mass is 399 g/mol. The largest absolute Gasteiger partial charge is 0.454 e. The zero-order valence-corrected chi connectivity index (χ0v) is 17.1. The van der Waals surface area contributed by atoms with Gasteiger partial charge in [-0.05, 0) is 59.7 Å². The molecule has 0 amide bonds. The van der Waals surface area contributed by atoms with Crippen LogP contribution in [0.25, 0.3) is 0 Å². The molecule has 0 spiro atoms. The Balaban J connectivity index is 1.46. The first-order valence-corrected chi connectivity index (χ1v) is 11.9. The lowest BCUT2D eigenvalue weighted by Crippen LogP contribution is -2.24.